The molecule has 22 heavy (non-hydrogen) atoms. The summed E-state index contributed by atoms with van der Waals surface area (Å²) in [6.45, 7) is 0.515. The molecule has 0 amide bonds. The lowest BCUT2D eigenvalue weighted by Crippen LogP contribution is -2.14. The average Bonchev–Trinajstić information content (AvgIpc) is 2.49. The molecule has 2 aromatic rings. The van der Waals surface area contributed by atoms with Crippen LogP contribution in [0.5, 0.6) is 0 Å². The van der Waals surface area contributed by atoms with Crippen molar-refractivity contribution >= 4 is 0 Å². The second kappa shape index (κ2) is 6.89. The maximum Gasteiger partial charge on any atom is 0.416 e. The van der Waals surface area contributed by atoms with Gasteiger partial charge in [-0.2, -0.15) is 13.2 Å². The SMILES string of the molecule is NCCOC(c1ccc(F)cc1)c1ccc(C(F)(F)F)cc1. The highest BCUT2D eigenvalue weighted by molar-refractivity contribution is 5.33. The average molecular weight is 313 g/mol. The molecule has 0 aliphatic carbocycles. The molecule has 0 saturated carbocycles. The molecule has 0 aliphatic heterocycles. The van der Waals surface area contributed by atoms with Crippen molar-refractivity contribution < 1.29 is 22.3 Å². The number of rotatable bonds is 5. The van der Waals surface area contributed by atoms with Crippen molar-refractivity contribution in [3.05, 3.63) is 71.0 Å². The molecule has 0 saturated heterocycles. The van der Waals surface area contributed by atoms with Crippen molar-refractivity contribution in [2.75, 3.05) is 13.2 Å². The van der Waals surface area contributed by atoms with Gasteiger partial charge in [-0.3, -0.25) is 0 Å². The maximum atomic E-state index is 13.0. The summed E-state index contributed by atoms with van der Waals surface area (Å²) in [7, 11) is 0. The fourth-order valence-corrected chi connectivity index (χ4v) is 2.06. The molecule has 2 aromatic carbocycles. The van der Waals surface area contributed by atoms with Gasteiger partial charge < -0.3 is 10.5 Å². The summed E-state index contributed by atoms with van der Waals surface area (Å²) in [6, 6.07) is 10.3. The van der Waals surface area contributed by atoms with Crippen molar-refractivity contribution in [2.24, 2.45) is 5.73 Å². The molecule has 0 aromatic heterocycles. The predicted octanol–water partition coefficient (Wildman–Crippen LogP) is 3.91. The summed E-state index contributed by atoms with van der Waals surface area (Å²) >= 11 is 0. The summed E-state index contributed by atoms with van der Waals surface area (Å²) < 4.78 is 56.4. The molecule has 0 heterocycles. The lowest BCUT2D eigenvalue weighted by atomic mass is 10.00. The van der Waals surface area contributed by atoms with Crippen LogP contribution in [0.4, 0.5) is 17.6 Å². The fourth-order valence-electron chi connectivity index (χ4n) is 2.06. The largest absolute Gasteiger partial charge is 0.416 e. The summed E-state index contributed by atoms with van der Waals surface area (Å²) in [6.07, 6.45) is -4.98. The van der Waals surface area contributed by atoms with Gasteiger partial charge in [-0.15, -0.1) is 0 Å². The van der Waals surface area contributed by atoms with E-state index in [-0.39, 0.29) is 13.2 Å². The summed E-state index contributed by atoms with van der Waals surface area (Å²) in [5.41, 5.74) is 5.87. The molecule has 6 heteroatoms. The lowest BCUT2D eigenvalue weighted by molar-refractivity contribution is -0.137. The van der Waals surface area contributed by atoms with Gasteiger partial charge in [0, 0.05) is 6.54 Å². The highest BCUT2D eigenvalue weighted by atomic mass is 19.4. The van der Waals surface area contributed by atoms with Crippen LogP contribution in [0.25, 0.3) is 0 Å². The van der Waals surface area contributed by atoms with Gasteiger partial charge in [0.1, 0.15) is 11.9 Å². The molecule has 2 rings (SSSR count). The molecule has 0 fully saturated rings. The van der Waals surface area contributed by atoms with Crippen LogP contribution in [0.3, 0.4) is 0 Å². The first-order valence-corrected chi connectivity index (χ1v) is 6.66. The first kappa shape index (κ1) is 16.5. The minimum atomic E-state index is -4.39. The Labute approximate surface area is 125 Å². The number of halogens is 4. The Hall–Kier alpha value is -1.92. The van der Waals surface area contributed by atoms with Gasteiger partial charge in [0.15, 0.2) is 0 Å². The summed E-state index contributed by atoms with van der Waals surface area (Å²) in [5, 5.41) is 0. The molecular formula is C16H15F4NO. The zero-order valence-electron chi connectivity index (χ0n) is 11.6. The monoisotopic (exact) mass is 313 g/mol. The number of benzene rings is 2. The Kier molecular flexibility index (Phi) is 5.15. The van der Waals surface area contributed by atoms with Crippen LogP contribution in [-0.2, 0) is 10.9 Å². The molecule has 1 atom stereocenters. The molecule has 2 nitrogen and oxygen atoms in total. The third-order valence-corrected chi connectivity index (χ3v) is 3.12. The van der Waals surface area contributed by atoms with Gasteiger partial charge in [0.25, 0.3) is 0 Å². The van der Waals surface area contributed by atoms with Gasteiger partial charge in [-0.1, -0.05) is 24.3 Å². The zero-order chi connectivity index (χ0) is 16.2. The van der Waals surface area contributed by atoms with E-state index >= 15 is 0 Å². The molecule has 118 valence electrons. The Morgan fingerprint density at radius 2 is 1.41 bits per heavy atom. The third-order valence-electron chi connectivity index (χ3n) is 3.12. The van der Waals surface area contributed by atoms with Crippen molar-refractivity contribution in [3.63, 3.8) is 0 Å². The first-order chi connectivity index (χ1) is 10.4. The minimum Gasteiger partial charge on any atom is -0.367 e. The second-order valence-corrected chi connectivity index (χ2v) is 4.71. The van der Waals surface area contributed by atoms with E-state index in [0.29, 0.717) is 11.1 Å². The number of hydrogen-bond donors (Lipinski definition) is 1. The molecular weight excluding hydrogens is 298 g/mol. The van der Waals surface area contributed by atoms with Crippen LogP contribution < -0.4 is 5.73 Å². The molecule has 0 bridgehead atoms. The third kappa shape index (κ3) is 4.05. The highest BCUT2D eigenvalue weighted by Crippen LogP contribution is 2.32. The van der Waals surface area contributed by atoms with Crippen LogP contribution in [0.1, 0.15) is 22.8 Å². The van der Waals surface area contributed by atoms with Crippen molar-refractivity contribution in [1.82, 2.24) is 0 Å². The van der Waals surface area contributed by atoms with E-state index in [1.54, 1.807) is 0 Å². The number of nitrogens with two attached hydrogens (primary N) is 1. The van der Waals surface area contributed by atoms with E-state index in [9.17, 15) is 17.6 Å². The van der Waals surface area contributed by atoms with Crippen LogP contribution in [-0.4, -0.2) is 13.2 Å². The van der Waals surface area contributed by atoms with Gasteiger partial charge in [-0.25, -0.2) is 4.39 Å². The predicted molar refractivity (Wildman–Crippen MR) is 74.7 cm³/mol. The molecule has 1 unspecified atom stereocenters. The Balaban J connectivity index is 2.30. The van der Waals surface area contributed by atoms with Gasteiger partial charge in [0.05, 0.1) is 12.2 Å². The number of ether oxygens (including phenoxy) is 1. The quantitative estimate of drug-likeness (QED) is 0.850. The van der Waals surface area contributed by atoms with Crippen molar-refractivity contribution in [3.8, 4) is 0 Å². The van der Waals surface area contributed by atoms with E-state index in [1.165, 1.54) is 36.4 Å². The Morgan fingerprint density at radius 3 is 1.86 bits per heavy atom. The van der Waals surface area contributed by atoms with Gasteiger partial charge >= 0.3 is 6.18 Å². The molecule has 0 spiro atoms. The van der Waals surface area contributed by atoms with E-state index in [1.807, 2.05) is 0 Å². The number of alkyl halides is 3. The van der Waals surface area contributed by atoms with Crippen molar-refractivity contribution in [1.29, 1.82) is 0 Å². The maximum absolute atomic E-state index is 13.0. The number of hydrogen-bond acceptors (Lipinski definition) is 2. The Morgan fingerprint density at radius 1 is 0.909 bits per heavy atom. The Bertz CT molecular complexity index is 593. The zero-order valence-corrected chi connectivity index (χ0v) is 11.6. The van der Waals surface area contributed by atoms with Gasteiger partial charge in [0.2, 0.25) is 0 Å². The molecule has 0 radical (unpaired) electrons. The van der Waals surface area contributed by atoms with Crippen LogP contribution >= 0.6 is 0 Å². The molecule has 2 N–H and O–H groups in total. The normalized spacial score (nSPS) is 13.1. The van der Waals surface area contributed by atoms with Crippen LogP contribution in [0.15, 0.2) is 48.5 Å². The van der Waals surface area contributed by atoms with E-state index in [0.717, 1.165) is 12.1 Å². The van der Waals surface area contributed by atoms with E-state index in [4.69, 9.17) is 10.5 Å². The van der Waals surface area contributed by atoms with Gasteiger partial charge in [-0.05, 0) is 35.4 Å². The summed E-state index contributed by atoms with van der Waals surface area (Å²) in [5.74, 6) is -0.395. The molecule has 0 aliphatic rings. The van der Waals surface area contributed by atoms with Crippen LogP contribution in [0, 0.1) is 5.82 Å². The fraction of sp³-hybridized carbons (Fsp3) is 0.250. The van der Waals surface area contributed by atoms with Crippen LogP contribution in [0.2, 0.25) is 0 Å². The summed E-state index contributed by atoms with van der Waals surface area (Å²) in [4.78, 5) is 0. The second-order valence-electron chi connectivity index (χ2n) is 4.71. The van der Waals surface area contributed by atoms with E-state index < -0.39 is 23.7 Å². The van der Waals surface area contributed by atoms with E-state index in [2.05, 4.69) is 0 Å². The topological polar surface area (TPSA) is 35.2 Å². The first-order valence-electron chi connectivity index (χ1n) is 6.66. The smallest absolute Gasteiger partial charge is 0.367 e. The minimum absolute atomic E-state index is 0.239. The highest BCUT2D eigenvalue weighted by Gasteiger charge is 2.30. The lowest BCUT2D eigenvalue weighted by Gasteiger charge is -2.19. The standard InChI is InChI=1S/C16H15F4NO/c17-14-7-3-12(4-8-14)15(22-10-9-21)11-1-5-13(6-2-11)16(18,19)20/h1-8,15H,9-10,21H2. The van der Waals surface area contributed by atoms with Crippen molar-refractivity contribution in [2.45, 2.75) is 12.3 Å².